The van der Waals surface area contributed by atoms with Crippen molar-refractivity contribution in [1.29, 1.82) is 0 Å². The van der Waals surface area contributed by atoms with Crippen LogP contribution >= 0.6 is 0 Å². The van der Waals surface area contributed by atoms with Crippen molar-refractivity contribution in [3.05, 3.63) is 132 Å². The van der Waals surface area contributed by atoms with Crippen molar-refractivity contribution in [2.24, 2.45) is 0 Å². The number of sulfonamides is 1. The SMILES string of the molecule is O=C(NCc1ccccn1)[C@@H](Cc1ccccc1)N(Cc1ccccc1)C(=O)CCc1ccc(S(=O)(=O)NC2CC2)cc1. The van der Waals surface area contributed by atoms with E-state index in [0.29, 0.717) is 12.8 Å². The molecule has 5 rings (SSSR count). The minimum atomic E-state index is -3.54. The van der Waals surface area contributed by atoms with E-state index in [0.717, 1.165) is 35.2 Å². The van der Waals surface area contributed by atoms with Gasteiger partial charge in [-0.25, -0.2) is 13.1 Å². The van der Waals surface area contributed by atoms with Crippen molar-refractivity contribution in [2.75, 3.05) is 0 Å². The van der Waals surface area contributed by atoms with Crippen LogP contribution in [-0.4, -0.2) is 42.2 Å². The molecule has 0 unspecified atom stereocenters. The Morgan fingerprint density at radius 3 is 2.09 bits per heavy atom. The van der Waals surface area contributed by atoms with Crippen LogP contribution < -0.4 is 10.0 Å². The van der Waals surface area contributed by atoms with E-state index in [9.17, 15) is 18.0 Å². The molecule has 1 saturated carbocycles. The second-order valence-electron chi connectivity index (χ2n) is 10.8. The molecule has 0 bridgehead atoms. The Morgan fingerprint density at radius 2 is 1.47 bits per heavy atom. The van der Waals surface area contributed by atoms with Crippen LogP contribution in [0.15, 0.2) is 114 Å². The monoisotopic (exact) mass is 596 g/mol. The minimum Gasteiger partial charge on any atom is -0.349 e. The molecule has 3 aromatic carbocycles. The maximum absolute atomic E-state index is 13.9. The number of carbonyl (C=O) groups is 2. The van der Waals surface area contributed by atoms with Crippen molar-refractivity contribution in [3.63, 3.8) is 0 Å². The molecule has 4 aromatic rings. The van der Waals surface area contributed by atoms with Gasteiger partial charge in [0.1, 0.15) is 6.04 Å². The number of hydrogen-bond donors (Lipinski definition) is 2. The van der Waals surface area contributed by atoms with E-state index in [1.165, 1.54) is 0 Å². The Balaban J connectivity index is 1.34. The third-order valence-corrected chi connectivity index (χ3v) is 8.93. The fourth-order valence-electron chi connectivity index (χ4n) is 4.85. The molecule has 1 aromatic heterocycles. The smallest absolute Gasteiger partial charge is 0.243 e. The molecule has 43 heavy (non-hydrogen) atoms. The molecular weight excluding hydrogens is 560 g/mol. The van der Waals surface area contributed by atoms with Gasteiger partial charge >= 0.3 is 0 Å². The third kappa shape index (κ3) is 8.83. The van der Waals surface area contributed by atoms with Gasteiger partial charge in [0, 0.05) is 31.6 Å². The van der Waals surface area contributed by atoms with E-state index < -0.39 is 16.1 Å². The zero-order valence-corrected chi connectivity index (χ0v) is 24.7. The van der Waals surface area contributed by atoms with Gasteiger partial charge in [-0.3, -0.25) is 14.6 Å². The van der Waals surface area contributed by atoms with E-state index in [4.69, 9.17) is 0 Å². The van der Waals surface area contributed by atoms with Crippen molar-refractivity contribution in [3.8, 4) is 0 Å². The van der Waals surface area contributed by atoms with E-state index >= 15 is 0 Å². The molecule has 9 heteroatoms. The standard InChI is InChI=1S/C34H36N4O4S/c39-33(21-16-26-14-19-31(20-15-26)43(41,42)37-29-17-18-29)38(25-28-11-5-2-6-12-28)32(23-27-9-3-1-4-10-27)34(40)36-24-30-13-7-8-22-35-30/h1-15,19-20,22,29,32,37H,16-18,21,23-25H2,(H,36,40)/t32-/m1/s1. The summed E-state index contributed by atoms with van der Waals surface area (Å²) in [4.78, 5) is 33.8. The van der Waals surface area contributed by atoms with Gasteiger partial charge in [0.2, 0.25) is 21.8 Å². The number of pyridine rings is 1. The summed E-state index contributed by atoms with van der Waals surface area (Å²) in [6.45, 7) is 0.529. The molecule has 1 fully saturated rings. The molecule has 0 saturated heterocycles. The lowest BCUT2D eigenvalue weighted by atomic mass is 10.0. The summed E-state index contributed by atoms with van der Waals surface area (Å²) in [5, 5.41) is 2.99. The number of rotatable bonds is 14. The Kier molecular flexibility index (Phi) is 9.96. The molecule has 0 aliphatic heterocycles. The van der Waals surface area contributed by atoms with Gasteiger partial charge in [-0.05, 0) is 60.2 Å². The topological polar surface area (TPSA) is 108 Å². The third-order valence-electron chi connectivity index (χ3n) is 7.40. The van der Waals surface area contributed by atoms with Gasteiger partial charge in [-0.2, -0.15) is 0 Å². The van der Waals surface area contributed by atoms with Crippen LogP contribution in [0, 0.1) is 0 Å². The zero-order valence-electron chi connectivity index (χ0n) is 23.9. The van der Waals surface area contributed by atoms with Crippen molar-refractivity contribution >= 4 is 21.8 Å². The summed E-state index contributed by atoms with van der Waals surface area (Å²) >= 11 is 0. The predicted molar refractivity (Wildman–Crippen MR) is 165 cm³/mol. The van der Waals surface area contributed by atoms with Gasteiger partial charge in [0.25, 0.3) is 0 Å². The number of hydrogen-bond acceptors (Lipinski definition) is 5. The van der Waals surface area contributed by atoms with Crippen LogP contribution in [0.25, 0.3) is 0 Å². The van der Waals surface area contributed by atoms with E-state index in [2.05, 4.69) is 15.0 Å². The Labute approximate surface area is 253 Å². The summed E-state index contributed by atoms with van der Waals surface area (Å²) in [6.07, 6.45) is 4.34. The largest absolute Gasteiger partial charge is 0.349 e. The molecule has 222 valence electrons. The number of carbonyl (C=O) groups excluding carboxylic acids is 2. The van der Waals surface area contributed by atoms with Crippen molar-refractivity contribution in [2.45, 2.75) is 62.2 Å². The molecule has 1 atom stereocenters. The normalized spacial score (nSPS) is 13.7. The number of nitrogens with zero attached hydrogens (tertiary/aromatic N) is 2. The number of amides is 2. The van der Waals surface area contributed by atoms with Gasteiger partial charge in [0.15, 0.2) is 0 Å². The van der Waals surface area contributed by atoms with Crippen molar-refractivity contribution < 1.29 is 18.0 Å². The number of aromatic nitrogens is 1. The second-order valence-corrected chi connectivity index (χ2v) is 12.5. The fourth-order valence-corrected chi connectivity index (χ4v) is 6.16. The van der Waals surface area contributed by atoms with Crippen LogP contribution in [0.3, 0.4) is 0 Å². The summed E-state index contributed by atoms with van der Waals surface area (Å²) in [5.41, 5.74) is 3.44. The lowest BCUT2D eigenvalue weighted by Crippen LogP contribution is -2.50. The fraction of sp³-hybridized carbons (Fsp3) is 0.265. The summed E-state index contributed by atoms with van der Waals surface area (Å²) in [7, 11) is -3.54. The van der Waals surface area contributed by atoms with Crippen LogP contribution in [-0.2, 0) is 45.5 Å². The lowest BCUT2D eigenvalue weighted by Gasteiger charge is -2.31. The van der Waals surface area contributed by atoms with Gasteiger partial charge in [-0.1, -0.05) is 78.9 Å². The molecule has 2 N–H and O–H groups in total. The van der Waals surface area contributed by atoms with Crippen LogP contribution in [0.1, 0.15) is 41.6 Å². The summed E-state index contributed by atoms with van der Waals surface area (Å²) in [5.74, 6) is -0.415. The Hall–Kier alpha value is -4.34. The lowest BCUT2D eigenvalue weighted by molar-refractivity contribution is -0.141. The van der Waals surface area contributed by atoms with Crippen molar-refractivity contribution in [1.82, 2.24) is 19.9 Å². The highest BCUT2D eigenvalue weighted by molar-refractivity contribution is 7.89. The molecule has 1 aliphatic rings. The first-order valence-electron chi connectivity index (χ1n) is 14.5. The Morgan fingerprint density at radius 1 is 0.814 bits per heavy atom. The second kappa shape index (κ2) is 14.2. The van der Waals surface area contributed by atoms with Crippen LogP contribution in [0.2, 0.25) is 0 Å². The molecule has 0 spiro atoms. The van der Waals surface area contributed by atoms with Gasteiger partial charge in [-0.15, -0.1) is 0 Å². The number of aryl methyl sites for hydroxylation is 1. The highest BCUT2D eigenvalue weighted by Gasteiger charge is 2.31. The predicted octanol–water partition coefficient (Wildman–Crippen LogP) is 4.41. The van der Waals surface area contributed by atoms with Gasteiger partial charge in [0.05, 0.1) is 17.1 Å². The summed E-state index contributed by atoms with van der Waals surface area (Å²) in [6, 6.07) is 30.8. The molecule has 0 radical (unpaired) electrons. The molecule has 1 aliphatic carbocycles. The highest BCUT2D eigenvalue weighted by atomic mass is 32.2. The minimum absolute atomic E-state index is 0.0304. The molecule has 2 amide bonds. The van der Waals surface area contributed by atoms with Crippen LogP contribution in [0.5, 0.6) is 0 Å². The highest BCUT2D eigenvalue weighted by Crippen LogP contribution is 2.23. The first kappa shape index (κ1) is 30.1. The van der Waals surface area contributed by atoms with E-state index in [-0.39, 0.29) is 42.3 Å². The van der Waals surface area contributed by atoms with Gasteiger partial charge < -0.3 is 10.2 Å². The summed E-state index contributed by atoms with van der Waals surface area (Å²) < 4.78 is 27.8. The zero-order chi connectivity index (χ0) is 30.1. The number of nitrogens with one attached hydrogen (secondary N) is 2. The Bertz CT molecular complexity index is 1590. The average molecular weight is 597 g/mol. The molecular formula is C34H36N4O4S. The first-order valence-corrected chi connectivity index (χ1v) is 16.0. The quantitative estimate of drug-likeness (QED) is 0.224. The molecule has 1 heterocycles. The average Bonchev–Trinajstić information content (AvgIpc) is 3.85. The maximum Gasteiger partial charge on any atom is 0.243 e. The van der Waals surface area contributed by atoms with E-state index in [1.54, 1.807) is 35.4 Å². The molecule has 8 nitrogen and oxygen atoms in total. The van der Waals surface area contributed by atoms with E-state index in [1.807, 2.05) is 78.9 Å². The van der Waals surface area contributed by atoms with Crippen LogP contribution in [0.4, 0.5) is 0 Å². The number of benzene rings is 3. The first-order chi connectivity index (χ1) is 20.9. The maximum atomic E-state index is 13.9.